The summed E-state index contributed by atoms with van der Waals surface area (Å²) in [5, 5.41) is 0. The summed E-state index contributed by atoms with van der Waals surface area (Å²) in [5.41, 5.74) is 0. The summed E-state index contributed by atoms with van der Waals surface area (Å²) < 4.78 is 20.7. The monoisotopic (exact) mass is 642 g/mol. The van der Waals surface area contributed by atoms with Crippen LogP contribution in [-0.2, 0) is 12.6 Å². The Kier molecular flexibility index (Phi) is 20.7. The second-order valence-electron chi connectivity index (χ2n) is 12.1. The van der Waals surface area contributed by atoms with E-state index in [1.807, 2.05) is 0 Å². The molecule has 0 amide bonds. The van der Waals surface area contributed by atoms with Gasteiger partial charge in [0, 0.05) is 0 Å². The van der Waals surface area contributed by atoms with Crippen molar-refractivity contribution in [1.82, 2.24) is 0 Å². The van der Waals surface area contributed by atoms with Crippen LogP contribution in [0, 0.1) is 11.8 Å². The van der Waals surface area contributed by atoms with Crippen LogP contribution < -0.4 is 0 Å². The van der Waals surface area contributed by atoms with Gasteiger partial charge in [0.2, 0.25) is 0 Å². The van der Waals surface area contributed by atoms with Crippen molar-refractivity contribution in [2.24, 2.45) is 11.8 Å². The Balaban J connectivity index is 1.29. The number of carbonyl (C=O) groups excluding carboxylic acids is 2. The van der Waals surface area contributed by atoms with Crippen molar-refractivity contribution in [2.45, 2.75) is 167 Å². The van der Waals surface area contributed by atoms with Gasteiger partial charge in [-0.15, -0.1) is 0 Å². The van der Waals surface area contributed by atoms with Crippen LogP contribution in [0.1, 0.15) is 167 Å². The van der Waals surface area contributed by atoms with E-state index in [-0.39, 0.29) is 13.2 Å². The minimum atomic E-state index is -4.16. The smallest absolute Gasteiger partial charge is 0.0530 e. The van der Waals surface area contributed by atoms with Gasteiger partial charge in [-0.2, -0.15) is 0 Å². The molecule has 0 saturated heterocycles. The molecule has 0 aliphatic heterocycles. The SMILES string of the molecule is O=[C](OCCCCCCCCCCC1CCCC1)[Sn](=[O])[C](=O)OCCCCCCCCCCC1CCCC1. The molecule has 2 aliphatic rings. The molecule has 6 heteroatoms. The van der Waals surface area contributed by atoms with E-state index in [1.54, 1.807) is 0 Å². The van der Waals surface area contributed by atoms with Gasteiger partial charge in [0.15, 0.2) is 0 Å². The first-order valence-corrected chi connectivity index (χ1v) is 20.6. The number of rotatable bonds is 24. The molecule has 0 bridgehead atoms. The number of ether oxygens (including phenoxy) is 2. The van der Waals surface area contributed by atoms with Crippen molar-refractivity contribution < 1.29 is 22.1 Å². The van der Waals surface area contributed by atoms with E-state index in [0.29, 0.717) is 0 Å². The molecule has 2 aliphatic carbocycles. The van der Waals surface area contributed by atoms with Gasteiger partial charge in [-0.05, 0) is 11.8 Å². The first kappa shape index (κ1) is 33.7. The zero-order chi connectivity index (χ0) is 27.1. The fraction of sp³-hybridized carbons (Fsp3) is 0.938. The predicted molar refractivity (Wildman–Crippen MR) is 156 cm³/mol. The third kappa shape index (κ3) is 17.3. The number of unbranched alkanes of at least 4 members (excludes halogenated alkanes) is 14. The van der Waals surface area contributed by atoms with E-state index >= 15 is 0 Å². The summed E-state index contributed by atoms with van der Waals surface area (Å²) in [5.74, 6) is 2.03. The Morgan fingerprint density at radius 3 is 1.11 bits per heavy atom. The van der Waals surface area contributed by atoms with Crippen molar-refractivity contribution in [3.8, 4) is 0 Å². The van der Waals surface area contributed by atoms with Crippen LogP contribution in [0.2, 0.25) is 0 Å². The van der Waals surface area contributed by atoms with Crippen molar-refractivity contribution in [2.75, 3.05) is 13.2 Å². The molecule has 5 nitrogen and oxygen atoms in total. The molecule has 0 N–H and O–H groups in total. The first-order valence-electron chi connectivity index (χ1n) is 16.5. The maximum absolute atomic E-state index is 12.1. The van der Waals surface area contributed by atoms with E-state index < -0.39 is 27.7 Å². The fourth-order valence-electron chi connectivity index (χ4n) is 6.33. The van der Waals surface area contributed by atoms with Crippen LogP contribution in [0.5, 0.6) is 0 Å². The zero-order valence-corrected chi connectivity index (χ0v) is 27.3. The normalized spacial score (nSPS) is 16.2. The molecule has 0 aromatic heterocycles. The molecule has 38 heavy (non-hydrogen) atoms. The summed E-state index contributed by atoms with van der Waals surface area (Å²) in [6.07, 6.45) is 33.6. The van der Waals surface area contributed by atoms with Crippen LogP contribution in [0.15, 0.2) is 0 Å². The molecule has 0 radical (unpaired) electrons. The van der Waals surface area contributed by atoms with Gasteiger partial charge in [0.25, 0.3) is 0 Å². The summed E-state index contributed by atoms with van der Waals surface area (Å²) in [6.45, 7) is 0.529. The second kappa shape index (κ2) is 23.3. The van der Waals surface area contributed by atoms with Crippen LogP contribution in [0.25, 0.3) is 0 Å². The Morgan fingerprint density at radius 1 is 0.474 bits per heavy atom. The molecule has 0 spiro atoms. The molecule has 0 atom stereocenters. The molecule has 0 unspecified atom stereocenters. The summed E-state index contributed by atoms with van der Waals surface area (Å²) in [7, 11) is 0. The molecule has 0 heterocycles. The third-order valence-corrected chi connectivity index (χ3v) is 11.7. The quantitative estimate of drug-likeness (QED) is 0.0775. The zero-order valence-electron chi connectivity index (χ0n) is 24.5. The molecular formula is C32H58O5Sn. The van der Waals surface area contributed by atoms with E-state index in [4.69, 9.17) is 9.47 Å². The van der Waals surface area contributed by atoms with Gasteiger partial charge in [-0.3, -0.25) is 0 Å². The molecule has 2 fully saturated rings. The fourth-order valence-corrected chi connectivity index (χ4v) is 8.14. The minimum absolute atomic E-state index is 0.264. The Morgan fingerprint density at radius 2 is 0.763 bits per heavy atom. The van der Waals surface area contributed by atoms with E-state index in [2.05, 4.69) is 0 Å². The average molecular weight is 642 g/mol. The Bertz CT molecular complexity index is 573. The van der Waals surface area contributed by atoms with Crippen molar-refractivity contribution in [3.63, 3.8) is 0 Å². The van der Waals surface area contributed by atoms with Crippen molar-refractivity contribution >= 4 is 27.7 Å². The van der Waals surface area contributed by atoms with Crippen LogP contribution >= 0.6 is 0 Å². The number of hydrogen-bond acceptors (Lipinski definition) is 5. The molecule has 2 rings (SSSR count). The minimum Gasteiger partial charge on any atom is -0.0530 e. The molecule has 0 aromatic rings. The Hall–Kier alpha value is -0.461. The van der Waals surface area contributed by atoms with Crippen LogP contribution in [0.3, 0.4) is 0 Å². The average Bonchev–Trinajstić information content (AvgIpc) is 3.64. The summed E-state index contributed by atoms with van der Waals surface area (Å²) in [6, 6.07) is 0. The number of hydrogen-bond donors (Lipinski definition) is 0. The third-order valence-electron chi connectivity index (χ3n) is 8.80. The standard InChI is InChI=1S/2C16H29O2.O.Sn/c2*17-15-18-14-10-6-4-2-1-3-5-7-11-16-12-8-9-13-16;;/h2*16H,1-14H2;;. The van der Waals surface area contributed by atoms with E-state index in [9.17, 15) is 12.7 Å². The van der Waals surface area contributed by atoms with Crippen molar-refractivity contribution in [3.05, 3.63) is 0 Å². The van der Waals surface area contributed by atoms with Gasteiger partial charge in [0.05, 0.1) is 0 Å². The second-order valence-corrected chi connectivity index (χ2v) is 16.3. The van der Waals surface area contributed by atoms with Gasteiger partial charge < -0.3 is 0 Å². The van der Waals surface area contributed by atoms with Crippen LogP contribution in [-0.4, -0.2) is 40.9 Å². The van der Waals surface area contributed by atoms with E-state index in [0.717, 1.165) is 50.4 Å². The molecule has 0 aromatic carbocycles. The van der Waals surface area contributed by atoms with E-state index in [1.165, 1.54) is 128 Å². The first-order chi connectivity index (χ1) is 18.7. The van der Waals surface area contributed by atoms with Gasteiger partial charge >= 0.3 is 179 Å². The van der Waals surface area contributed by atoms with Gasteiger partial charge in [-0.25, -0.2) is 0 Å². The molecule has 220 valence electrons. The summed E-state index contributed by atoms with van der Waals surface area (Å²) >= 11 is -4.16. The topological polar surface area (TPSA) is 69.7 Å². The van der Waals surface area contributed by atoms with Crippen LogP contribution in [0.4, 0.5) is 9.59 Å². The maximum atomic E-state index is 12.1. The molecular weight excluding hydrogens is 583 g/mol. The summed E-state index contributed by atoms with van der Waals surface area (Å²) in [4.78, 5) is 23.8. The Labute approximate surface area is 241 Å². The van der Waals surface area contributed by atoms with Crippen molar-refractivity contribution in [1.29, 1.82) is 0 Å². The van der Waals surface area contributed by atoms with Gasteiger partial charge in [-0.1, -0.05) is 51.4 Å². The predicted octanol–water partition coefficient (Wildman–Crippen LogP) is 10.2. The molecule has 2 saturated carbocycles. The number of carbonyl (C=O) groups is 2. The van der Waals surface area contributed by atoms with Gasteiger partial charge in [0.1, 0.15) is 0 Å².